The monoisotopic (exact) mass is 272 g/mol. The summed E-state index contributed by atoms with van der Waals surface area (Å²) >= 11 is 0. The van der Waals surface area contributed by atoms with Crippen molar-refractivity contribution in [2.75, 3.05) is 18.5 Å². The first-order valence-electron chi connectivity index (χ1n) is 6.43. The van der Waals surface area contributed by atoms with E-state index in [0.717, 1.165) is 5.69 Å². The number of carbonyl (C=O) groups excluding carboxylic acids is 1. The first-order chi connectivity index (χ1) is 9.66. The van der Waals surface area contributed by atoms with E-state index in [1.54, 1.807) is 18.2 Å². The third kappa shape index (κ3) is 3.82. The van der Waals surface area contributed by atoms with Crippen molar-refractivity contribution in [1.82, 2.24) is 5.32 Å². The first kappa shape index (κ1) is 14.1. The number of likely N-dealkylation sites (N-methyl/N-ethyl adjacent to an activating group) is 1. The van der Waals surface area contributed by atoms with Gasteiger partial charge in [-0.25, -0.2) is 4.39 Å². The van der Waals surface area contributed by atoms with Crippen molar-refractivity contribution in [3.63, 3.8) is 0 Å². The number of carbonyl (C=O) groups is 1. The molecule has 0 atom stereocenters. The summed E-state index contributed by atoms with van der Waals surface area (Å²) in [6.07, 6.45) is 0. The molecule has 0 aliphatic rings. The SMILES string of the molecule is CN(CC(=O)NCc1ccccc1F)c1ccccc1. The topological polar surface area (TPSA) is 32.3 Å². The van der Waals surface area contributed by atoms with Crippen LogP contribution in [0.15, 0.2) is 54.6 Å². The number of rotatable bonds is 5. The molecular formula is C16H17FN2O. The second-order valence-electron chi connectivity index (χ2n) is 4.56. The van der Waals surface area contributed by atoms with Gasteiger partial charge in [-0.15, -0.1) is 0 Å². The maximum atomic E-state index is 13.4. The smallest absolute Gasteiger partial charge is 0.239 e. The van der Waals surface area contributed by atoms with Crippen molar-refractivity contribution in [2.45, 2.75) is 6.54 Å². The van der Waals surface area contributed by atoms with Gasteiger partial charge in [-0.3, -0.25) is 4.79 Å². The van der Waals surface area contributed by atoms with E-state index in [2.05, 4.69) is 5.32 Å². The van der Waals surface area contributed by atoms with Crippen LogP contribution >= 0.6 is 0 Å². The highest BCUT2D eigenvalue weighted by Crippen LogP contribution is 2.10. The van der Waals surface area contributed by atoms with Gasteiger partial charge in [0.1, 0.15) is 5.82 Å². The van der Waals surface area contributed by atoms with Gasteiger partial charge in [0, 0.05) is 24.8 Å². The fraction of sp³-hybridized carbons (Fsp3) is 0.188. The van der Waals surface area contributed by atoms with Crippen LogP contribution in [-0.2, 0) is 11.3 Å². The minimum atomic E-state index is -0.302. The van der Waals surface area contributed by atoms with E-state index in [1.165, 1.54) is 6.07 Å². The Hall–Kier alpha value is -2.36. The molecule has 0 heterocycles. The van der Waals surface area contributed by atoms with E-state index in [0.29, 0.717) is 5.56 Å². The molecule has 1 N–H and O–H groups in total. The number of halogens is 1. The average molecular weight is 272 g/mol. The lowest BCUT2D eigenvalue weighted by Gasteiger charge is -2.18. The molecule has 0 aliphatic heterocycles. The van der Waals surface area contributed by atoms with Gasteiger partial charge in [0.2, 0.25) is 5.91 Å². The Bertz CT molecular complexity index is 572. The Morgan fingerprint density at radius 3 is 2.45 bits per heavy atom. The van der Waals surface area contributed by atoms with Crippen LogP contribution in [0.2, 0.25) is 0 Å². The summed E-state index contributed by atoms with van der Waals surface area (Å²) in [6.45, 7) is 0.437. The fourth-order valence-electron chi connectivity index (χ4n) is 1.88. The van der Waals surface area contributed by atoms with Gasteiger partial charge in [0.25, 0.3) is 0 Å². The number of hydrogen-bond donors (Lipinski definition) is 1. The molecule has 4 heteroatoms. The molecule has 0 bridgehead atoms. The second kappa shape index (κ2) is 6.70. The number of hydrogen-bond acceptors (Lipinski definition) is 2. The van der Waals surface area contributed by atoms with E-state index in [4.69, 9.17) is 0 Å². The molecule has 0 radical (unpaired) electrons. The maximum absolute atomic E-state index is 13.4. The van der Waals surface area contributed by atoms with Crippen LogP contribution in [-0.4, -0.2) is 19.5 Å². The van der Waals surface area contributed by atoms with E-state index in [-0.39, 0.29) is 24.8 Å². The fourth-order valence-corrected chi connectivity index (χ4v) is 1.88. The normalized spacial score (nSPS) is 10.1. The van der Waals surface area contributed by atoms with Gasteiger partial charge < -0.3 is 10.2 Å². The Kier molecular flexibility index (Phi) is 4.71. The Balaban J connectivity index is 1.86. The predicted molar refractivity (Wildman–Crippen MR) is 78.0 cm³/mol. The summed E-state index contributed by atoms with van der Waals surface area (Å²) in [5, 5.41) is 2.72. The highest BCUT2D eigenvalue weighted by atomic mass is 19.1. The first-order valence-corrected chi connectivity index (χ1v) is 6.43. The molecule has 0 aromatic heterocycles. The van der Waals surface area contributed by atoms with E-state index in [9.17, 15) is 9.18 Å². The molecule has 20 heavy (non-hydrogen) atoms. The molecule has 0 saturated carbocycles. The molecule has 2 aromatic carbocycles. The van der Waals surface area contributed by atoms with Crippen molar-refractivity contribution in [2.24, 2.45) is 0 Å². The lowest BCUT2D eigenvalue weighted by atomic mass is 10.2. The number of nitrogens with one attached hydrogen (secondary N) is 1. The van der Waals surface area contributed by atoms with Gasteiger partial charge >= 0.3 is 0 Å². The summed E-state index contributed by atoms with van der Waals surface area (Å²) in [7, 11) is 1.85. The number of anilines is 1. The van der Waals surface area contributed by atoms with E-state index < -0.39 is 0 Å². The molecule has 0 fully saturated rings. The van der Waals surface area contributed by atoms with Gasteiger partial charge in [0.15, 0.2) is 0 Å². The molecule has 2 aromatic rings. The Labute approximate surface area is 118 Å². The summed E-state index contributed by atoms with van der Waals surface area (Å²) in [4.78, 5) is 13.7. The molecule has 0 unspecified atom stereocenters. The van der Waals surface area contributed by atoms with Gasteiger partial charge in [0.05, 0.1) is 6.54 Å². The standard InChI is InChI=1S/C16H17FN2O/c1-19(14-8-3-2-4-9-14)12-16(20)18-11-13-7-5-6-10-15(13)17/h2-10H,11-12H2,1H3,(H,18,20). The Morgan fingerprint density at radius 1 is 1.10 bits per heavy atom. The van der Waals surface area contributed by atoms with Crippen LogP contribution in [0.4, 0.5) is 10.1 Å². The average Bonchev–Trinajstić information content (AvgIpc) is 2.47. The lowest BCUT2D eigenvalue weighted by molar-refractivity contribution is -0.119. The van der Waals surface area contributed by atoms with Crippen LogP contribution in [0.1, 0.15) is 5.56 Å². The maximum Gasteiger partial charge on any atom is 0.239 e. The summed E-state index contributed by atoms with van der Waals surface area (Å²) in [5.41, 5.74) is 1.46. The van der Waals surface area contributed by atoms with Crippen LogP contribution in [0.5, 0.6) is 0 Å². The summed E-state index contributed by atoms with van der Waals surface area (Å²) in [5.74, 6) is -0.441. The largest absolute Gasteiger partial charge is 0.365 e. The highest BCUT2D eigenvalue weighted by Gasteiger charge is 2.08. The summed E-state index contributed by atoms with van der Waals surface area (Å²) < 4.78 is 13.4. The zero-order valence-electron chi connectivity index (χ0n) is 11.3. The van der Waals surface area contributed by atoms with Crippen molar-refractivity contribution >= 4 is 11.6 Å². The zero-order chi connectivity index (χ0) is 14.4. The molecule has 3 nitrogen and oxygen atoms in total. The van der Waals surface area contributed by atoms with Gasteiger partial charge in [-0.2, -0.15) is 0 Å². The highest BCUT2D eigenvalue weighted by molar-refractivity contribution is 5.81. The number of nitrogens with zero attached hydrogens (tertiary/aromatic N) is 1. The van der Waals surface area contributed by atoms with Crippen LogP contribution in [0.3, 0.4) is 0 Å². The number of benzene rings is 2. The Morgan fingerprint density at radius 2 is 1.75 bits per heavy atom. The molecule has 0 aliphatic carbocycles. The van der Waals surface area contributed by atoms with Crippen molar-refractivity contribution < 1.29 is 9.18 Å². The van der Waals surface area contributed by atoms with Crippen LogP contribution in [0.25, 0.3) is 0 Å². The van der Waals surface area contributed by atoms with Crippen molar-refractivity contribution in [1.29, 1.82) is 0 Å². The molecule has 0 spiro atoms. The van der Waals surface area contributed by atoms with E-state index >= 15 is 0 Å². The summed E-state index contributed by atoms with van der Waals surface area (Å²) in [6, 6.07) is 16.1. The van der Waals surface area contributed by atoms with Crippen LogP contribution < -0.4 is 10.2 Å². The molecule has 1 amide bonds. The minimum absolute atomic E-state index is 0.139. The molecule has 104 valence electrons. The van der Waals surface area contributed by atoms with E-state index in [1.807, 2.05) is 42.3 Å². The number of para-hydroxylation sites is 1. The molecular weight excluding hydrogens is 255 g/mol. The third-order valence-electron chi connectivity index (χ3n) is 3.01. The minimum Gasteiger partial charge on any atom is -0.365 e. The quantitative estimate of drug-likeness (QED) is 0.907. The third-order valence-corrected chi connectivity index (χ3v) is 3.01. The van der Waals surface area contributed by atoms with Crippen molar-refractivity contribution in [3.8, 4) is 0 Å². The van der Waals surface area contributed by atoms with Gasteiger partial charge in [-0.05, 0) is 18.2 Å². The second-order valence-corrected chi connectivity index (χ2v) is 4.56. The van der Waals surface area contributed by atoms with Crippen LogP contribution in [0, 0.1) is 5.82 Å². The van der Waals surface area contributed by atoms with Gasteiger partial charge in [-0.1, -0.05) is 36.4 Å². The molecule has 2 rings (SSSR count). The zero-order valence-corrected chi connectivity index (χ0v) is 11.3. The lowest BCUT2D eigenvalue weighted by Crippen LogP contribution is -2.34. The predicted octanol–water partition coefficient (Wildman–Crippen LogP) is 2.58. The molecule has 0 saturated heterocycles. The number of amides is 1. The van der Waals surface area contributed by atoms with Crippen molar-refractivity contribution in [3.05, 3.63) is 66.0 Å².